The second kappa shape index (κ2) is 8.94. The van der Waals surface area contributed by atoms with Gasteiger partial charge in [0, 0.05) is 6.54 Å². The summed E-state index contributed by atoms with van der Waals surface area (Å²) in [6.45, 7) is 0.640. The number of hydrogen-bond acceptors (Lipinski definition) is 1. The molecule has 0 spiro atoms. The van der Waals surface area contributed by atoms with Crippen LogP contribution >= 0.6 is 0 Å². The van der Waals surface area contributed by atoms with E-state index in [9.17, 15) is 0 Å². The van der Waals surface area contributed by atoms with Crippen LogP contribution in [-0.2, 0) is 6.54 Å². The Balaban J connectivity index is 0.000000253. The monoisotopic (exact) mass is 203 g/mol. The van der Waals surface area contributed by atoms with Gasteiger partial charge in [0.1, 0.15) is 0 Å². The van der Waals surface area contributed by atoms with Crippen molar-refractivity contribution in [1.82, 2.24) is 0 Å². The summed E-state index contributed by atoms with van der Waals surface area (Å²) < 4.78 is 0. The molecule has 2 aromatic rings. The lowest BCUT2D eigenvalue weighted by Gasteiger charge is -1.90. The number of nitrogens with two attached hydrogens (primary N) is 1. The average molecular weight is 203 g/mol. The third-order valence-electron chi connectivity index (χ3n) is 1.75. The maximum absolute atomic E-state index is 5.35. The molecule has 0 amide bonds. The lowest BCUT2D eigenvalue weighted by Crippen LogP contribution is -1.94. The van der Waals surface area contributed by atoms with Crippen molar-refractivity contribution in [2.24, 2.45) is 5.73 Å². The third-order valence-corrected chi connectivity index (χ3v) is 1.75. The smallest absolute Gasteiger partial charge is 0.0178 e. The molecule has 0 aliphatic heterocycles. The number of benzene rings is 2. The number of rotatable bonds is 1. The molecular formula is C13H17NO. The highest BCUT2D eigenvalue weighted by Crippen LogP contribution is 1.94. The Morgan fingerprint density at radius 2 is 1.00 bits per heavy atom. The lowest BCUT2D eigenvalue weighted by molar-refractivity contribution is 0.824. The van der Waals surface area contributed by atoms with Gasteiger partial charge < -0.3 is 11.2 Å². The molecule has 2 rings (SSSR count). The van der Waals surface area contributed by atoms with E-state index in [-0.39, 0.29) is 5.48 Å². The third kappa shape index (κ3) is 6.43. The van der Waals surface area contributed by atoms with Crippen LogP contribution < -0.4 is 5.73 Å². The van der Waals surface area contributed by atoms with Gasteiger partial charge >= 0.3 is 0 Å². The molecule has 2 heteroatoms. The maximum atomic E-state index is 5.35. The molecule has 0 saturated carbocycles. The standard InChI is InChI=1S/C7H9N.C6H6.H2O/c8-6-7-4-2-1-3-5-7;1-2-4-6-5-3-1;/h1-5H,6,8H2;1-6H;1H2. The Hall–Kier alpha value is -1.64. The van der Waals surface area contributed by atoms with E-state index >= 15 is 0 Å². The first-order valence-corrected chi connectivity index (χ1v) is 4.67. The predicted molar refractivity (Wildman–Crippen MR) is 64.4 cm³/mol. The van der Waals surface area contributed by atoms with Crippen molar-refractivity contribution in [1.29, 1.82) is 0 Å². The largest absolute Gasteiger partial charge is 0.412 e. The summed E-state index contributed by atoms with van der Waals surface area (Å²) in [6, 6.07) is 22.0. The van der Waals surface area contributed by atoms with Crippen molar-refractivity contribution < 1.29 is 5.48 Å². The van der Waals surface area contributed by atoms with Crippen molar-refractivity contribution in [2.45, 2.75) is 6.54 Å². The van der Waals surface area contributed by atoms with E-state index in [1.54, 1.807) is 0 Å². The van der Waals surface area contributed by atoms with E-state index in [2.05, 4.69) is 0 Å². The molecule has 0 saturated heterocycles. The normalized spacial score (nSPS) is 8.07. The van der Waals surface area contributed by atoms with Gasteiger partial charge in [-0.1, -0.05) is 66.7 Å². The van der Waals surface area contributed by atoms with Crippen molar-refractivity contribution in [2.75, 3.05) is 0 Å². The van der Waals surface area contributed by atoms with Crippen molar-refractivity contribution in [3.63, 3.8) is 0 Å². The molecule has 0 aliphatic carbocycles. The molecule has 15 heavy (non-hydrogen) atoms. The minimum atomic E-state index is 0. The SMILES string of the molecule is NCc1ccccc1.O.c1ccccc1. The van der Waals surface area contributed by atoms with E-state index < -0.39 is 0 Å². The van der Waals surface area contributed by atoms with Gasteiger partial charge in [-0.2, -0.15) is 0 Å². The average Bonchev–Trinajstić information content (AvgIpc) is 2.33. The van der Waals surface area contributed by atoms with Crippen LogP contribution in [0.4, 0.5) is 0 Å². The van der Waals surface area contributed by atoms with Gasteiger partial charge in [0.15, 0.2) is 0 Å². The zero-order chi connectivity index (χ0) is 10.1. The Bertz CT molecular complexity index is 294. The summed E-state index contributed by atoms with van der Waals surface area (Å²) >= 11 is 0. The lowest BCUT2D eigenvalue weighted by atomic mass is 10.2. The van der Waals surface area contributed by atoms with Crippen molar-refractivity contribution in [3.05, 3.63) is 72.3 Å². The van der Waals surface area contributed by atoms with Crippen LogP contribution in [0.5, 0.6) is 0 Å². The summed E-state index contributed by atoms with van der Waals surface area (Å²) in [5, 5.41) is 0. The predicted octanol–water partition coefficient (Wildman–Crippen LogP) is 2.01. The van der Waals surface area contributed by atoms with Crippen LogP contribution in [0.2, 0.25) is 0 Å². The molecule has 0 aliphatic rings. The second-order valence-electron chi connectivity index (χ2n) is 2.84. The molecule has 0 aromatic heterocycles. The molecule has 0 fully saturated rings. The van der Waals surface area contributed by atoms with E-state index in [4.69, 9.17) is 5.73 Å². The highest BCUT2D eigenvalue weighted by molar-refractivity contribution is 5.13. The summed E-state index contributed by atoms with van der Waals surface area (Å²) in [5.74, 6) is 0. The number of hydrogen-bond donors (Lipinski definition) is 1. The summed E-state index contributed by atoms with van der Waals surface area (Å²) in [4.78, 5) is 0. The molecular weight excluding hydrogens is 186 g/mol. The molecule has 4 N–H and O–H groups in total. The fourth-order valence-electron chi connectivity index (χ4n) is 0.999. The van der Waals surface area contributed by atoms with Gasteiger partial charge in [0.2, 0.25) is 0 Å². The van der Waals surface area contributed by atoms with Gasteiger partial charge in [0.25, 0.3) is 0 Å². The molecule has 0 atom stereocenters. The highest BCUT2D eigenvalue weighted by atomic mass is 16.0. The highest BCUT2D eigenvalue weighted by Gasteiger charge is 1.80. The quantitative estimate of drug-likeness (QED) is 0.757. The maximum Gasteiger partial charge on any atom is 0.0178 e. The van der Waals surface area contributed by atoms with E-state index in [0.717, 1.165) is 0 Å². The van der Waals surface area contributed by atoms with Crippen LogP contribution in [0.15, 0.2) is 66.7 Å². The first kappa shape index (κ1) is 13.4. The Labute approximate surface area is 90.7 Å². The molecule has 0 heterocycles. The van der Waals surface area contributed by atoms with E-state index in [0.29, 0.717) is 6.54 Å². The first-order valence-electron chi connectivity index (χ1n) is 4.67. The molecule has 0 bridgehead atoms. The fourth-order valence-corrected chi connectivity index (χ4v) is 0.999. The summed E-state index contributed by atoms with van der Waals surface area (Å²) in [7, 11) is 0. The molecule has 2 nitrogen and oxygen atoms in total. The Morgan fingerprint density at radius 1 is 0.667 bits per heavy atom. The topological polar surface area (TPSA) is 57.5 Å². The molecule has 2 aromatic carbocycles. The van der Waals surface area contributed by atoms with E-state index in [1.165, 1.54) is 5.56 Å². The fraction of sp³-hybridized carbons (Fsp3) is 0.0769. The van der Waals surface area contributed by atoms with E-state index in [1.807, 2.05) is 66.7 Å². The summed E-state index contributed by atoms with van der Waals surface area (Å²) in [6.07, 6.45) is 0. The van der Waals surface area contributed by atoms with Crippen molar-refractivity contribution >= 4 is 0 Å². The van der Waals surface area contributed by atoms with Crippen molar-refractivity contribution in [3.8, 4) is 0 Å². The van der Waals surface area contributed by atoms with Gasteiger partial charge in [-0.05, 0) is 5.56 Å². The van der Waals surface area contributed by atoms with Crippen LogP contribution in [0.1, 0.15) is 5.56 Å². The van der Waals surface area contributed by atoms with Crippen LogP contribution in [0.3, 0.4) is 0 Å². The second-order valence-corrected chi connectivity index (χ2v) is 2.84. The Kier molecular flexibility index (Phi) is 7.96. The van der Waals surface area contributed by atoms with Crippen LogP contribution in [0, 0.1) is 0 Å². The zero-order valence-corrected chi connectivity index (χ0v) is 8.64. The van der Waals surface area contributed by atoms with Gasteiger partial charge in [-0.15, -0.1) is 0 Å². The minimum absolute atomic E-state index is 0. The van der Waals surface area contributed by atoms with Crippen LogP contribution in [-0.4, -0.2) is 5.48 Å². The molecule has 0 radical (unpaired) electrons. The summed E-state index contributed by atoms with van der Waals surface area (Å²) in [5.41, 5.74) is 6.54. The first-order chi connectivity index (χ1) is 6.93. The molecule has 80 valence electrons. The van der Waals surface area contributed by atoms with Gasteiger partial charge in [0.05, 0.1) is 0 Å². The van der Waals surface area contributed by atoms with Gasteiger partial charge in [-0.25, -0.2) is 0 Å². The molecule has 0 unspecified atom stereocenters. The minimum Gasteiger partial charge on any atom is -0.412 e. The van der Waals surface area contributed by atoms with Gasteiger partial charge in [-0.3, -0.25) is 0 Å². The zero-order valence-electron chi connectivity index (χ0n) is 8.64. The Morgan fingerprint density at radius 3 is 1.27 bits per heavy atom. The van der Waals surface area contributed by atoms with Crippen LogP contribution in [0.25, 0.3) is 0 Å².